The number of anilines is 5. The first-order chi connectivity index (χ1) is 32.2. The Labute approximate surface area is 398 Å². The van der Waals surface area contributed by atoms with Gasteiger partial charge in [0.25, 0.3) is 0 Å². The fraction of sp³-hybridized carbons (Fsp3) is 0.262. The fourth-order valence-electron chi connectivity index (χ4n) is 12.8. The number of fused-ring (bicyclic) bond motifs is 11. The van der Waals surface area contributed by atoms with Gasteiger partial charge in [0, 0.05) is 28.3 Å². The lowest BCUT2D eigenvalue weighted by molar-refractivity contribution is 0.332. The Morgan fingerprint density at radius 2 is 0.791 bits per heavy atom. The van der Waals surface area contributed by atoms with E-state index in [2.05, 4.69) is 242 Å². The van der Waals surface area contributed by atoms with Crippen molar-refractivity contribution >= 4 is 28.4 Å². The molecule has 8 aromatic carbocycles. The van der Waals surface area contributed by atoms with E-state index < -0.39 is 5.41 Å². The minimum Gasteiger partial charge on any atom is -0.354 e. The average molecular weight is 871 g/mol. The van der Waals surface area contributed by atoms with E-state index in [4.69, 9.17) is 0 Å². The number of hydrogen-bond acceptors (Lipinski definition) is 2. The van der Waals surface area contributed by atoms with Crippen LogP contribution in [-0.4, -0.2) is 0 Å². The monoisotopic (exact) mass is 870 g/mol. The summed E-state index contributed by atoms with van der Waals surface area (Å²) in [4.78, 5) is 2.58. The number of para-hydroxylation sites is 2. The van der Waals surface area contributed by atoms with E-state index in [-0.39, 0.29) is 21.7 Å². The molecule has 0 amide bonds. The molecule has 3 aliphatic carbocycles. The van der Waals surface area contributed by atoms with Crippen LogP contribution in [-0.2, 0) is 27.1 Å². The van der Waals surface area contributed by atoms with Crippen molar-refractivity contribution in [3.05, 3.63) is 220 Å². The SMILES string of the molecule is CC1(C)CCC(C)(C)c2cc(N(c3cc(-c4ccccc4)cc(-c4cccc5c4Nc4ccccc4C54c5ccccc5-c5ccccc54)c3)c3ccc4c(c3)C(C)(C)CCC4(C)C)ccc21. The van der Waals surface area contributed by atoms with E-state index in [0.717, 1.165) is 29.9 Å². The van der Waals surface area contributed by atoms with Gasteiger partial charge in [0.1, 0.15) is 0 Å². The molecule has 0 unspecified atom stereocenters. The minimum absolute atomic E-state index is 0.0595. The number of hydrogen-bond donors (Lipinski definition) is 1. The molecule has 0 saturated heterocycles. The highest BCUT2D eigenvalue weighted by molar-refractivity contribution is 5.98. The molecule has 332 valence electrons. The van der Waals surface area contributed by atoms with Crippen LogP contribution in [0.3, 0.4) is 0 Å². The van der Waals surface area contributed by atoms with Gasteiger partial charge in [-0.3, -0.25) is 0 Å². The molecule has 0 radical (unpaired) electrons. The molecule has 4 aliphatic rings. The number of rotatable bonds is 5. The van der Waals surface area contributed by atoms with Gasteiger partial charge in [-0.15, -0.1) is 0 Å². The van der Waals surface area contributed by atoms with Gasteiger partial charge >= 0.3 is 0 Å². The Morgan fingerprint density at radius 1 is 0.328 bits per heavy atom. The minimum atomic E-state index is -0.486. The van der Waals surface area contributed by atoms with Crippen molar-refractivity contribution in [3.8, 4) is 33.4 Å². The van der Waals surface area contributed by atoms with E-state index in [0.29, 0.717) is 0 Å². The molecule has 1 spiro atoms. The van der Waals surface area contributed by atoms with Crippen LogP contribution in [0.2, 0.25) is 0 Å². The van der Waals surface area contributed by atoms with Crippen molar-refractivity contribution in [2.24, 2.45) is 0 Å². The Hall–Kier alpha value is -6.64. The molecule has 1 heterocycles. The van der Waals surface area contributed by atoms with E-state index in [9.17, 15) is 0 Å². The molecule has 0 atom stereocenters. The predicted octanol–water partition coefficient (Wildman–Crippen LogP) is 17.6. The molecule has 67 heavy (non-hydrogen) atoms. The Morgan fingerprint density at radius 3 is 1.37 bits per heavy atom. The third-order valence-corrected chi connectivity index (χ3v) is 16.8. The first-order valence-corrected chi connectivity index (χ1v) is 24.7. The molecule has 0 saturated carbocycles. The first kappa shape index (κ1) is 41.8. The lowest BCUT2D eigenvalue weighted by atomic mass is 9.63. The van der Waals surface area contributed by atoms with Gasteiger partial charge < -0.3 is 10.2 Å². The molecule has 2 heteroatoms. The van der Waals surface area contributed by atoms with E-state index >= 15 is 0 Å². The van der Waals surface area contributed by atoms with Gasteiger partial charge in [-0.1, -0.05) is 183 Å². The molecule has 1 N–H and O–H groups in total. The van der Waals surface area contributed by atoms with Crippen molar-refractivity contribution in [1.29, 1.82) is 0 Å². The summed E-state index contributed by atoms with van der Waals surface area (Å²) in [6.45, 7) is 19.5. The second kappa shape index (κ2) is 14.7. The standard InChI is InChI=1S/C65H62N2/c1-61(2)33-35-63(5,6)57-40-45(29-31-53(57)61)67(46-30-32-54-58(41-46)64(7,8)36-34-62(54,3)4)47-38-43(42-19-10-9-11-20-42)37-44(39-47)48-23-18-27-56-60(48)66-59-28-17-16-26-55(59)65(56)51-24-14-12-21-49(51)50-22-13-15-25-52(50)65/h9-32,37-41,66H,33-36H2,1-8H3. The van der Waals surface area contributed by atoms with Gasteiger partial charge in [0.15, 0.2) is 0 Å². The smallest absolute Gasteiger partial charge is 0.0754 e. The molecular weight excluding hydrogens is 809 g/mol. The summed E-state index contributed by atoms with van der Waals surface area (Å²) in [5.41, 5.74) is 24.2. The average Bonchev–Trinajstić information content (AvgIpc) is 3.63. The Kier molecular flexibility index (Phi) is 9.15. The number of nitrogens with one attached hydrogen (secondary N) is 1. The first-order valence-electron chi connectivity index (χ1n) is 24.7. The second-order valence-electron chi connectivity index (χ2n) is 22.7. The Balaban J connectivity index is 1.13. The van der Waals surface area contributed by atoms with E-state index in [1.807, 2.05) is 0 Å². The predicted molar refractivity (Wildman–Crippen MR) is 283 cm³/mol. The second-order valence-corrected chi connectivity index (χ2v) is 22.7. The molecule has 8 aromatic rings. The zero-order valence-electron chi connectivity index (χ0n) is 40.5. The summed E-state index contributed by atoms with van der Waals surface area (Å²) in [5.74, 6) is 0. The maximum absolute atomic E-state index is 4.08. The van der Waals surface area contributed by atoms with Gasteiger partial charge in [-0.05, 0) is 168 Å². The maximum Gasteiger partial charge on any atom is 0.0754 e. The summed E-state index contributed by atoms with van der Waals surface area (Å²) < 4.78 is 0. The zero-order chi connectivity index (χ0) is 46.1. The largest absolute Gasteiger partial charge is 0.354 e. The normalized spacial score (nSPS) is 18.0. The summed E-state index contributed by atoms with van der Waals surface area (Å²) in [7, 11) is 0. The van der Waals surface area contributed by atoms with E-state index in [1.54, 1.807) is 0 Å². The molecule has 12 rings (SSSR count). The van der Waals surface area contributed by atoms with Gasteiger partial charge in [-0.25, -0.2) is 0 Å². The van der Waals surface area contributed by atoms with Crippen molar-refractivity contribution in [2.75, 3.05) is 10.2 Å². The van der Waals surface area contributed by atoms with Crippen LogP contribution >= 0.6 is 0 Å². The topological polar surface area (TPSA) is 15.3 Å². The lowest BCUT2D eigenvalue weighted by Gasteiger charge is -2.43. The summed E-state index contributed by atoms with van der Waals surface area (Å²) in [6, 6.07) is 67.3. The fourth-order valence-corrected chi connectivity index (χ4v) is 12.8. The Bertz CT molecular complexity index is 3160. The highest BCUT2D eigenvalue weighted by atomic mass is 15.1. The van der Waals surface area contributed by atoms with Crippen LogP contribution in [0.4, 0.5) is 28.4 Å². The van der Waals surface area contributed by atoms with Gasteiger partial charge in [-0.2, -0.15) is 0 Å². The highest BCUT2D eigenvalue weighted by Crippen LogP contribution is 2.62. The summed E-state index contributed by atoms with van der Waals surface area (Å²) in [6.07, 6.45) is 4.70. The maximum atomic E-state index is 4.08. The molecule has 0 aromatic heterocycles. The van der Waals surface area contributed by atoms with Crippen molar-refractivity contribution < 1.29 is 0 Å². The van der Waals surface area contributed by atoms with Crippen LogP contribution < -0.4 is 10.2 Å². The van der Waals surface area contributed by atoms with Crippen molar-refractivity contribution in [1.82, 2.24) is 0 Å². The van der Waals surface area contributed by atoms with Crippen molar-refractivity contribution in [3.63, 3.8) is 0 Å². The van der Waals surface area contributed by atoms with Crippen LogP contribution in [0, 0.1) is 0 Å². The third-order valence-electron chi connectivity index (χ3n) is 16.8. The molecular formula is C65H62N2. The van der Waals surface area contributed by atoms with Crippen LogP contribution in [0.5, 0.6) is 0 Å². The van der Waals surface area contributed by atoms with Crippen molar-refractivity contribution in [2.45, 2.75) is 108 Å². The van der Waals surface area contributed by atoms with Crippen LogP contribution in [0.15, 0.2) is 176 Å². The van der Waals surface area contributed by atoms with Crippen LogP contribution in [0.1, 0.15) is 126 Å². The van der Waals surface area contributed by atoms with E-state index in [1.165, 1.54) is 102 Å². The van der Waals surface area contributed by atoms with Crippen LogP contribution in [0.25, 0.3) is 33.4 Å². The molecule has 0 fully saturated rings. The van der Waals surface area contributed by atoms with Gasteiger partial charge in [0.05, 0.1) is 11.1 Å². The lowest BCUT2D eigenvalue weighted by Crippen LogP contribution is -2.34. The number of nitrogens with zero attached hydrogens (tertiary/aromatic N) is 1. The van der Waals surface area contributed by atoms with Gasteiger partial charge in [0.2, 0.25) is 0 Å². The zero-order valence-corrected chi connectivity index (χ0v) is 40.5. The third kappa shape index (κ3) is 6.28. The molecule has 1 aliphatic heterocycles. The molecule has 2 nitrogen and oxygen atoms in total. The highest BCUT2D eigenvalue weighted by Gasteiger charge is 2.50. The quantitative estimate of drug-likeness (QED) is 0.185. The number of benzene rings is 8. The summed E-state index contributed by atoms with van der Waals surface area (Å²) in [5, 5.41) is 4.08. The summed E-state index contributed by atoms with van der Waals surface area (Å²) >= 11 is 0. The molecule has 0 bridgehead atoms.